The van der Waals surface area contributed by atoms with Crippen molar-refractivity contribution >= 4 is 11.7 Å². The van der Waals surface area contributed by atoms with E-state index in [9.17, 15) is 9.59 Å². The highest BCUT2D eigenvalue weighted by molar-refractivity contribution is 5.87. The van der Waals surface area contributed by atoms with Gasteiger partial charge < -0.3 is 0 Å². The maximum Gasteiger partial charge on any atom is 0.240 e. The van der Waals surface area contributed by atoms with Crippen LogP contribution in [0.2, 0.25) is 0 Å². The molecule has 1 rings (SSSR count). The average Bonchev–Trinajstić information content (AvgIpc) is 2.27. The molecular weight excluding hydrogens is 192 g/mol. The summed E-state index contributed by atoms with van der Waals surface area (Å²) in [4.78, 5) is 23.4. The summed E-state index contributed by atoms with van der Waals surface area (Å²) in [5.74, 6) is 0.00528. The number of hydrogen-bond donors (Lipinski definition) is 1. The Morgan fingerprint density at radius 2 is 1.73 bits per heavy atom. The summed E-state index contributed by atoms with van der Waals surface area (Å²) in [5.41, 5.74) is 2.79. The molecule has 4 heteroatoms. The van der Waals surface area contributed by atoms with E-state index in [0.717, 1.165) is 25.7 Å². The number of Topliss-reactive ketones (excluding diaryl/α,β-unsaturated/α-hetero) is 1. The SMILES string of the molecule is CNN(C)C(=O)C1CCCCC1C(C)=O. The predicted octanol–water partition coefficient (Wildman–Crippen LogP) is 0.975. The Hall–Kier alpha value is -0.900. The van der Waals surface area contributed by atoms with Crippen LogP contribution < -0.4 is 5.43 Å². The lowest BCUT2D eigenvalue weighted by atomic mass is 9.76. The maximum absolute atomic E-state index is 12.0. The fraction of sp³-hybridized carbons (Fsp3) is 0.818. The van der Waals surface area contributed by atoms with Gasteiger partial charge in [0.1, 0.15) is 5.78 Å². The Bertz CT molecular complexity index is 253. The van der Waals surface area contributed by atoms with Gasteiger partial charge in [0, 0.05) is 25.9 Å². The number of nitrogens with zero attached hydrogens (tertiary/aromatic N) is 1. The smallest absolute Gasteiger partial charge is 0.240 e. The second-order valence-electron chi connectivity index (χ2n) is 4.23. The molecule has 1 saturated carbocycles. The summed E-state index contributed by atoms with van der Waals surface area (Å²) in [6.45, 7) is 1.59. The van der Waals surface area contributed by atoms with Crippen LogP contribution in [0.25, 0.3) is 0 Å². The van der Waals surface area contributed by atoms with Gasteiger partial charge in [0.2, 0.25) is 5.91 Å². The summed E-state index contributed by atoms with van der Waals surface area (Å²) in [6, 6.07) is 0. The molecule has 1 aliphatic rings. The average molecular weight is 212 g/mol. The van der Waals surface area contributed by atoms with E-state index < -0.39 is 0 Å². The Labute approximate surface area is 91.0 Å². The molecule has 0 saturated heterocycles. The summed E-state index contributed by atoms with van der Waals surface area (Å²) in [6.07, 6.45) is 3.83. The van der Waals surface area contributed by atoms with Crippen LogP contribution in [0.1, 0.15) is 32.6 Å². The standard InChI is InChI=1S/C11H20N2O2/c1-8(14)9-6-4-5-7-10(9)11(15)13(3)12-2/h9-10,12H,4-7H2,1-3H3. The van der Waals surface area contributed by atoms with Crippen LogP contribution in [-0.2, 0) is 9.59 Å². The Kier molecular flexibility index (Phi) is 4.27. The summed E-state index contributed by atoms with van der Waals surface area (Å²) in [7, 11) is 3.41. The highest BCUT2D eigenvalue weighted by atomic mass is 16.2. The molecule has 4 nitrogen and oxygen atoms in total. The summed E-state index contributed by atoms with van der Waals surface area (Å²) >= 11 is 0. The first kappa shape index (κ1) is 12.2. The number of amides is 1. The van der Waals surface area contributed by atoms with E-state index in [0.29, 0.717) is 0 Å². The molecule has 0 aliphatic heterocycles. The first-order valence-corrected chi connectivity index (χ1v) is 5.53. The molecule has 15 heavy (non-hydrogen) atoms. The molecule has 1 fully saturated rings. The third-order valence-corrected chi connectivity index (χ3v) is 3.27. The van der Waals surface area contributed by atoms with Crippen LogP contribution >= 0.6 is 0 Å². The molecule has 0 heterocycles. The van der Waals surface area contributed by atoms with Crippen LogP contribution in [0, 0.1) is 11.8 Å². The molecule has 2 atom stereocenters. The Morgan fingerprint density at radius 1 is 1.20 bits per heavy atom. The number of carbonyl (C=O) groups is 2. The van der Waals surface area contributed by atoms with Crippen LogP contribution in [0.5, 0.6) is 0 Å². The van der Waals surface area contributed by atoms with Crippen molar-refractivity contribution in [1.29, 1.82) is 0 Å². The van der Waals surface area contributed by atoms with Gasteiger partial charge in [0.15, 0.2) is 0 Å². The minimum atomic E-state index is -0.117. The van der Waals surface area contributed by atoms with Gasteiger partial charge in [-0.2, -0.15) is 0 Å². The van der Waals surface area contributed by atoms with E-state index in [1.54, 1.807) is 21.0 Å². The largest absolute Gasteiger partial charge is 0.300 e. The first-order chi connectivity index (χ1) is 7.07. The summed E-state index contributed by atoms with van der Waals surface area (Å²) < 4.78 is 0. The quantitative estimate of drug-likeness (QED) is 0.709. The number of ketones is 1. The zero-order valence-electron chi connectivity index (χ0n) is 9.75. The van der Waals surface area contributed by atoms with Crippen molar-refractivity contribution in [3.05, 3.63) is 0 Å². The minimum absolute atomic E-state index is 0.0393. The second-order valence-corrected chi connectivity index (χ2v) is 4.23. The van der Waals surface area contributed by atoms with E-state index >= 15 is 0 Å². The number of hydrogen-bond acceptors (Lipinski definition) is 3. The van der Waals surface area contributed by atoms with E-state index in [-0.39, 0.29) is 23.5 Å². The van der Waals surface area contributed by atoms with Crippen molar-refractivity contribution in [3.8, 4) is 0 Å². The zero-order chi connectivity index (χ0) is 11.4. The lowest BCUT2D eigenvalue weighted by Gasteiger charge is -2.31. The highest BCUT2D eigenvalue weighted by Gasteiger charge is 2.34. The Balaban J connectivity index is 2.71. The van der Waals surface area contributed by atoms with Crippen LogP contribution in [0.3, 0.4) is 0 Å². The molecule has 0 aromatic rings. The first-order valence-electron chi connectivity index (χ1n) is 5.53. The zero-order valence-corrected chi connectivity index (χ0v) is 9.75. The van der Waals surface area contributed by atoms with Gasteiger partial charge in [-0.15, -0.1) is 0 Å². The fourth-order valence-corrected chi connectivity index (χ4v) is 2.27. The van der Waals surface area contributed by atoms with Gasteiger partial charge in [0.25, 0.3) is 0 Å². The van der Waals surface area contributed by atoms with Crippen molar-refractivity contribution in [2.75, 3.05) is 14.1 Å². The van der Waals surface area contributed by atoms with Crippen LogP contribution in [0.15, 0.2) is 0 Å². The van der Waals surface area contributed by atoms with Crippen molar-refractivity contribution in [1.82, 2.24) is 10.4 Å². The summed E-state index contributed by atoms with van der Waals surface area (Å²) in [5, 5.41) is 1.48. The van der Waals surface area contributed by atoms with E-state index in [1.807, 2.05) is 0 Å². The van der Waals surface area contributed by atoms with E-state index in [1.165, 1.54) is 5.01 Å². The van der Waals surface area contributed by atoms with Crippen molar-refractivity contribution in [2.24, 2.45) is 11.8 Å². The van der Waals surface area contributed by atoms with Gasteiger partial charge in [-0.1, -0.05) is 12.8 Å². The molecule has 0 aromatic carbocycles. The van der Waals surface area contributed by atoms with Crippen molar-refractivity contribution in [2.45, 2.75) is 32.6 Å². The number of carbonyl (C=O) groups excluding carboxylic acids is 2. The fourth-order valence-electron chi connectivity index (χ4n) is 2.27. The lowest BCUT2D eigenvalue weighted by Crippen LogP contribution is -2.45. The minimum Gasteiger partial charge on any atom is -0.300 e. The molecule has 2 unspecified atom stereocenters. The van der Waals surface area contributed by atoms with Crippen LogP contribution in [0.4, 0.5) is 0 Å². The van der Waals surface area contributed by atoms with Crippen molar-refractivity contribution < 1.29 is 9.59 Å². The van der Waals surface area contributed by atoms with Gasteiger partial charge >= 0.3 is 0 Å². The number of nitrogens with one attached hydrogen (secondary N) is 1. The maximum atomic E-state index is 12.0. The predicted molar refractivity (Wildman–Crippen MR) is 58.0 cm³/mol. The topological polar surface area (TPSA) is 49.4 Å². The molecule has 86 valence electrons. The number of hydrazine groups is 1. The lowest BCUT2D eigenvalue weighted by molar-refractivity contribution is -0.143. The highest BCUT2D eigenvalue weighted by Crippen LogP contribution is 2.31. The third kappa shape index (κ3) is 2.78. The molecule has 1 amide bonds. The molecule has 0 bridgehead atoms. The van der Waals surface area contributed by atoms with Gasteiger partial charge in [0.05, 0.1) is 0 Å². The van der Waals surface area contributed by atoms with E-state index in [2.05, 4.69) is 5.43 Å². The third-order valence-electron chi connectivity index (χ3n) is 3.27. The second kappa shape index (κ2) is 5.26. The molecule has 0 radical (unpaired) electrons. The molecule has 0 spiro atoms. The van der Waals surface area contributed by atoms with Gasteiger partial charge in [-0.3, -0.25) is 14.6 Å². The van der Waals surface area contributed by atoms with E-state index in [4.69, 9.17) is 0 Å². The number of rotatable bonds is 3. The molecular formula is C11H20N2O2. The van der Waals surface area contributed by atoms with Crippen molar-refractivity contribution in [3.63, 3.8) is 0 Å². The molecule has 1 aliphatic carbocycles. The normalized spacial score (nSPS) is 26.1. The molecule has 1 N–H and O–H groups in total. The van der Waals surface area contributed by atoms with Crippen LogP contribution in [-0.4, -0.2) is 30.8 Å². The molecule has 0 aromatic heterocycles. The Morgan fingerprint density at radius 3 is 2.20 bits per heavy atom. The van der Waals surface area contributed by atoms with Gasteiger partial charge in [-0.05, 0) is 19.8 Å². The van der Waals surface area contributed by atoms with Gasteiger partial charge in [-0.25, -0.2) is 5.43 Å². The monoisotopic (exact) mass is 212 g/mol.